The van der Waals surface area contributed by atoms with Crippen LogP contribution in [0, 0.1) is 0 Å². The minimum atomic E-state index is -0.0928. The van der Waals surface area contributed by atoms with Gasteiger partial charge in [-0.25, -0.2) is 0 Å². The van der Waals surface area contributed by atoms with E-state index in [-0.39, 0.29) is 18.2 Å². The van der Waals surface area contributed by atoms with Gasteiger partial charge in [0, 0.05) is 17.1 Å². The summed E-state index contributed by atoms with van der Waals surface area (Å²) in [6.07, 6.45) is 2.35. The van der Waals surface area contributed by atoms with Gasteiger partial charge in [-0.1, -0.05) is 34.1 Å². The molecule has 2 N–H and O–H groups in total. The fourth-order valence-electron chi connectivity index (χ4n) is 2.22. The molecule has 1 heterocycles. The van der Waals surface area contributed by atoms with E-state index in [2.05, 4.69) is 15.9 Å². The average Bonchev–Trinajstić information content (AvgIpc) is 2.84. The van der Waals surface area contributed by atoms with Gasteiger partial charge in [0.2, 0.25) is 0 Å². The van der Waals surface area contributed by atoms with Gasteiger partial charge >= 0.3 is 0 Å². The van der Waals surface area contributed by atoms with Crippen LogP contribution in [-0.2, 0) is 9.47 Å². The summed E-state index contributed by atoms with van der Waals surface area (Å²) in [5.41, 5.74) is 7.14. The van der Waals surface area contributed by atoms with E-state index in [4.69, 9.17) is 15.2 Å². The highest BCUT2D eigenvalue weighted by Gasteiger charge is 2.22. The molecule has 2 rings (SSSR count). The number of halogens is 1. The second kappa shape index (κ2) is 6.66. The lowest BCUT2D eigenvalue weighted by Crippen LogP contribution is -2.29. The first-order valence-electron chi connectivity index (χ1n) is 6.41. The minimum absolute atomic E-state index is 0.0508. The van der Waals surface area contributed by atoms with Crippen LogP contribution in [-0.4, -0.2) is 25.4 Å². The van der Waals surface area contributed by atoms with E-state index in [1.807, 2.05) is 31.2 Å². The minimum Gasteiger partial charge on any atom is -0.376 e. The highest BCUT2D eigenvalue weighted by atomic mass is 79.9. The Morgan fingerprint density at radius 1 is 1.50 bits per heavy atom. The predicted molar refractivity (Wildman–Crippen MR) is 75.5 cm³/mol. The molecule has 1 aromatic carbocycles. The van der Waals surface area contributed by atoms with Crippen LogP contribution in [0.2, 0.25) is 0 Å². The zero-order chi connectivity index (χ0) is 13.0. The Bertz CT molecular complexity index is 378. The van der Waals surface area contributed by atoms with E-state index in [1.54, 1.807) is 0 Å². The van der Waals surface area contributed by atoms with Gasteiger partial charge in [-0.3, -0.25) is 0 Å². The molecule has 1 saturated heterocycles. The van der Waals surface area contributed by atoms with Crippen molar-refractivity contribution in [3.63, 3.8) is 0 Å². The molecule has 3 atom stereocenters. The molecule has 18 heavy (non-hydrogen) atoms. The zero-order valence-corrected chi connectivity index (χ0v) is 12.2. The lowest BCUT2D eigenvalue weighted by Gasteiger charge is -2.24. The Morgan fingerprint density at radius 2 is 2.28 bits per heavy atom. The van der Waals surface area contributed by atoms with Crippen molar-refractivity contribution in [3.05, 3.63) is 34.3 Å². The van der Waals surface area contributed by atoms with Crippen LogP contribution in [0.25, 0.3) is 0 Å². The van der Waals surface area contributed by atoms with Crippen molar-refractivity contribution in [2.24, 2.45) is 5.73 Å². The van der Waals surface area contributed by atoms with Gasteiger partial charge in [0.15, 0.2) is 0 Å². The lowest BCUT2D eigenvalue weighted by molar-refractivity contribution is -0.0288. The van der Waals surface area contributed by atoms with E-state index in [9.17, 15) is 0 Å². The van der Waals surface area contributed by atoms with Crippen LogP contribution >= 0.6 is 15.9 Å². The van der Waals surface area contributed by atoms with Crippen LogP contribution in [0.4, 0.5) is 0 Å². The van der Waals surface area contributed by atoms with Crippen LogP contribution in [0.1, 0.15) is 31.4 Å². The molecule has 0 saturated carbocycles. The lowest BCUT2D eigenvalue weighted by atomic mass is 10.0. The van der Waals surface area contributed by atoms with Crippen molar-refractivity contribution >= 4 is 15.9 Å². The first-order valence-corrected chi connectivity index (χ1v) is 7.21. The van der Waals surface area contributed by atoms with Crippen molar-refractivity contribution in [1.29, 1.82) is 0 Å². The molecule has 100 valence electrons. The Balaban J connectivity index is 2.01. The molecular weight excluding hydrogens is 294 g/mol. The van der Waals surface area contributed by atoms with E-state index >= 15 is 0 Å². The second-order valence-electron chi connectivity index (χ2n) is 4.77. The van der Waals surface area contributed by atoms with Crippen LogP contribution in [0.15, 0.2) is 28.7 Å². The molecule has 0 amide bonds. The van der Waals surface area contributed by atoms with Gasteiger partial charge in [-0.05, 0) is 31.4 Å². The molecule has 1 aliphatic heterocycles. The highest BCUT2D eigenvalue weighted by molar-refractivity contribution is 9.10. The first-order chi connectivity index (χ1) is 8.68. The zero-order valence-electron chi connectivity index (χ0n) is 10.6. The Morgan fingerprint density at radius 3 is 2.89 bits per heavy atom. The molecule has 0 bridgehead atoms. The number of nitrogens with two attached hydrogens (primary N) is 1. The quantitative estimate of drug-likeness (QED) is 0.908. The number of ether oxygens (including phenoxy) is 2. The Hall–Kier alpha value is -0.420. The van der Waals surface area contributed by atoms with Gasteiger partial charge in [-0.15, -0.1) is 0 Å². The number of rotatable bonds is 5. The highest BCUT2D eigenvalue weighted by Crippen LogP contribution is 2.28. The predicted octanol–water partition coefficient (Wildman–Crippen LogP) is 3.03. The van der Waals surface area contributed by atoms with E-state index in [0.717, 1.165) is 29.5 Å². The molecule has 3 nitrogen and oxygen atoms in total. The first kappa shape index (κ1) is 14.0. The third kappa shape index (κ3) is 3.54. The van der Waals surface area contributed by atoms with Crippen LogP contribution in [0.3, 0.4) is 0 Å². The number of hydrogen-bond donors (Lipinski definition) is 1. The van der Waals surface area contributed by atoms with Crippen LogP contribution in [0.5, 0.6) is 0 Å². The number of benzene rings is 1. The summed E-state index contributed by atoms with van der Waals surface area (Å²) in [5.74, 6) is 0. The van der Waals surface area contributed by atoms with Crippen molar-refractivity contribution in [2.75, 3.05) is 13.2 Å². The van der Waals surface area contributed by atoms with Crippen molar-refractivity contribution < 1.29 is 9.47 Å². The van der Waals surface area contributed by atoms with Crippen molar-refractivity contribution in [3.8, 4) is 0 Å². The molecule has 3 unspecified atom stereocenters. The van der Waals surface area contributed by atoms with E-state index < -0.39 is 0 Å². The third-order valence-electron chi connectivity index (χ3n) is 3.17. The molecule has 0 spiro atoms. The fourth-order valence-corrected chi connectivity index (χ4v) is 2.73. The number of hydrogen-bond acceptors (Lipinski definition) is 3. The van der Waals surface area contributed by atoms with Gasteiger partial charge in [0.05, 0.1) is 18.8 Å². The Kier molecular flexibility index (Phi) is 5.18. The van der Waals surface area contributed by atoms with Crippen molar-refractivity contribution in [1.82, 2.24) is 0 Å². The fraction of sp³-hybridized carbons (Fsp3) is 0.571. The normalized spacial score (nSPS) is 22.9. The van der Waals surface area contributed by atoms with Gasteiger partial charge in [0.1, 0.15) is 0 Å². The monoisotopic (exact) mass is 313 g/mol. The Labute approximate surface area is 117 Å². The smallest absolute Gasteiger partial charge is 0.0985 e. The van der Waals surface area contributed by atoms with Gasteiger partial charge in [-0.2, -0.15) is 0 Å². The van der Waals surface area contributed by atoms with Crippen LogP contribution < -0.4 is 5.73 Å². The van der Waals surface area contributed by atoms with E-state index in [0.29, 0.717) is 6.61 Å². The standard InChI is InChI=1S/C14H20BrNO2/c1-10(16)14(12-6-2-3-7-13(12)15)18-9-11-5-4-8-17-11/h2-3,6-7,10-11,14H,4-5,8-9,16H2,1H3. The maximum Gasteiger partial charge on any atom is 0.0985 e. The molecule has 0 aliphatic carbocycles. The summed E-state index contributed by atoms with van der Waals surface area (Å²) in [5, 5.41) is 0. The molecule has 1 aliphatic rings. The average molecular weight is 314 g/mol. The van der Waals surface area contributed by atoms with E-state index in [1.165, 1.54) is 0 Å². The van der Waals surface area contributed by atoms with Crippen molar-refractivity contribution in [2.45, 2.75) is 38.0 Å². The molecule has 1 fully saturated rings. The molecule has 1 aromatic rings. The largest absolute Gasteiger partial charge is 0.376 e. The summed E-state index contributed by atoms with van der Waals surface area (Å²) in [6.45, 7) is 3.44. The molecule has 4 heteroatoms. The maximum absolute atomic E-state index is 6.04. The second-order valence-corrected chi connectivity index (χ2v) is 5.62. The SMILES string of the molecule is CC(N)C(OCC1CCCO1)c1ccccc1Br. The summed E-state index contributed by atoms with van der Waals surface area (Å²) < 4.78 is 12.6. The van der Waals surface area contributed by atoms with Gasteiger partial charge in [0.25, 0.3) is 0 Å². The summed E-state index contributed by atoms with van der Waals surface area (Å²) in [4.78, 5) is 0. The molecular formula is C14H20BrNO2. The maximum atomic E-state index is 6.04. The molecule has 0 radical (unpaired) electrons. The van der Waals surface area contributed by atoms with Gasteiger partial charge < -0.3 is 15.2 Å². The molecule has 0 aromatic heterocycles. The topological polar surface area (TPSA) is 44.5 Å². The third-order valence-corrected chi connectivity index (χ3v) is 3.90. The summed E-state index contributed by atoms with van der Waals surface area (Å²) in [7, 11) is 0. The summed E-state index contributed by atoms with van der Waals surface area (Å²) >= 11 is 3.55. The summed E-state index contributed by atoms with van der Waals surface area (Å²) in [6, 6.07) is 8.01.